The zero-order valence-electron chi connectivity index (χ0n) is 11.9. The molecule has 1 aliphatic heterocycles. The van der Waals surface area contributed by atoms with Crippen LogP contribution in [0.4, 0.5) is 0 Å². The molecule has 21 heavy (non-hydrogen) atoms. The van der Waals surface area contributed by atoms with E-state index in [-0.39, 0.29) is 29.9 Å². The van der Waals surface area contributed by atoms with Crippen LogP contribution in [0.15, 0.2) is 24.3 Å². The number of carbonyl (C=O) groups excluding carboxylic acids is 1. The van der Waals surface area contributed by atoms with Crippen molar-refractivity contribution in [3.63, 3.8) is 0 Å². The van der Waals surface area contributed by atoms with Crippen molar-refractivity contribution in [1.29, 1.82) is 0 Å². The van der Waals surface area contributed by atoms with Gasteiger partial charge in [0, 0.05) is 13.0 Å². The van der Waals surface area contributed by atoms with E-state index >= 15 is 0 Å². The van der Waals surface area contributed by atoms with Gasteiger partial charge in [-0.2, -0.15) is 0 Å². The van der Waals surface area contributed by atoms with Crippen LogP contribution in [-0.2, 0) is 16.0 Å². The average molecular weight is 292 g/mol. The highest BCUT2D eigenvalue weighted by atomic mass is 16.4. The second-order valence-corrected chi connectivity index (χ2v) is 5.51. The summed E-state index contributed by atoms with van der Waals surface area (Å²) in [7, 11) is 0. The first-order valence-corrected chi connectivity index (χ1v) is 6.99. The van der Waals surface area contributed by atoms with Gasteiger partial charge in [-0.05, 0) is 30.2 Å². The lowest BCUT2D eigenvalue weighted by Crippen LogP contribution is -2.46. The summed E-state index contributed by atoms with van der Waals surface area (Å²) >= 11 is 0. The number of hydrogen-bond donors (Lipinski definition) is 4. The molecule has 0 aliphatic carbocycles. The monoisotopic (exact) mass is 292 g/mol. The largest absolute Gasteiger partial charge is 0.508 e. The van der Waals surface area contributed by atoms with Gasteiger partial charge in [0.2, 0.25) is 5.91 Å². The maximum Gasteiger partial charge on any atom is 0.326 e. The van der Waals surface area contributed by atoms with Crippen molar-refractivity contribution in [2.75, 3.05) is 13.1 Å². The van der Waals surface area contributed by atoms with Crippen LogP contribution in [-0.4, -0.2) is 41.2 Å². The van der Waals surface area contributed by atoms with E-state index in [1.54, 1.807) is 12.1 Å². The number of carboxylic acid groups (broad SMARTS) is 1. The predicted octanol–water partition coefficient (Wildman–Crippen LogP) is 0.360. The molecule has 2 rings (SSSR count). The summed E-state index contributed by atoms with van der Waals surface area (Å²) in [5.41, 5.74) is 0.748. The Balaban J connectivity index is 2.00. The van der Waals surface area contributed by atoms with Gasteiger partial charge in [-0.15, -0.1) is 0 Å². The van der Waals surface area contributed by atoms with E-state index in [4.69, 9.17) is 0 Å². The summed E-state index contributed by atoms with van der Waals surface area (Å²) in [5.74, 6) is -1.14. The molecule has 1 aromatic carbocycles. The highest BCUT2D eigenvalue weighted by molar-refractivity contribution is 5.85. The molecular formula is C15H20N2O4. The minimum atomic E-state index is -1.06. The van der Waals surface area contributed by atoms with Gasteiger partial charge in [-0.3, -0.25) is 4.79 Å². The number of rotatable bonds is 5. The smallest absolute Gasteiger partial charge is 0.326 e. The van der Waals surface area contributed by atoms with Gasteiger partial charge in [0.1, 0.15) is 11.8 Å². The molecule has 0 radical (unpaired) electrons. The van der Waals surface area contributed by atoms with E-state index in [1.807, 2.05) is 6.92 Å². The second kappa shape index (κ2) is 6.58. The van der Waals surface area contributed by atoms with Crippen LogP contribution < -0.4 is 10.6 Å². The van der Waals surface area contributed by atoms with Crippen LogP contribution in [0.1, 0.15) is 12.5 Å². The number of carbonyl (C=O) groups is 2. The third-order valence-electron chi connectivity index (χ3n) is 3.84. The molecule has 1 amide bonds. The molecule has 1 aromatic rings. The van der Waals surface area contributed by atoms with E-state index in [1.165, 1.54) is 12.1 Å². The summed E-state index contributed by atoms with van der Waals surface area (Å²) in [6.45, 7) is 3.33. The van der Waals surface area contributed by atoms with Crippen molar-refractivity contribution in [2.45, 2.75) is 19.4 Å². The molecule has 1 heterocycles. The highest BCUT2D eigenvalue weighted by Gasteiger charge is 2.32. The van der Waals surface area contributed by atoms with Gasteiger partial charge in [0.15, 0.2) is 0 Å². The maximum absolute atomic E-state index is 12.2. The number of aromatic hydroxyl groups is 1. The number of hydrogen-bond acceptors (Lipinski definition) is 4. The summed E-state index contributed by atoms with van der Waals surface area (Å²) in [6.07, 6.45) is 0.190. The highest BCUT2D eigenvalue weighted by Crippen LogP contribution is 2.17. The van der Waals surface area contributed by atoms with Gasteiger partial charge < -0.3 is 20.8 Å². The Morgan fingerprint density at radius 3 is 2.52 bits per heavy atom. The molecule has 0 aromatic heterocycles. The van der Waals surface area contributed by atoms with Crippen LogP contribution in [0.25, 0.3) is 0 Å². The van der Waals surface area contributed by atoms with Crippen LogP contribution in [0.3, 0.4) is 0 Å². The number of nitrogens with one attached hydrogen (secondary N) is 2. The van der Waals surface area contributed by atoms with Gasteiger partial charge >= 0.3 is 5.97 Å². The minimum absolute atomic E-state index is 0.125. The Morgan fingerprint density at radius 1 is 1.33 bits per heavy atom. The fraction of sp³-hybridized carbons (Fsp3) is 0.467. The van der Waals surface area contributed by atoms with E-state index in [0.29, 0.717) is 6.54 Å². The Bertz CT molecular complexity index is 515. The summed E-state index contributed by atoms with van der Waals surface area (Å²) in [5, 5.41) is 24.2. The van der Waals surface area contributed by atoms with Gasteiger partial charge in [-0.1, -0.05) is 19.1 Å². The van der Waals surface area contributed by atoms with E-state index in [9.17, 15) is 19.8 Å². The Morgan fingerprint density at radius 2 is 2.00 bits per heavy atom. The lowest BCUT2D eigenvalue weighted by molar-refractivity contribution is -0.142. The quantitative estimate of drug-likeness (QED) is 0.628. The molecule has 6 heteroatoms. The molecule has 4 N–H and O–H groups in total. The predicted molar refractivity (Wildman–Crippen MR) is 76.9 cm³/mol. The van der Waals surface area contributed by atoms with Crippen LogP contribution in [0.2, 0.25) is 0 Å². The van der Waals surface area contributed by atoms with Crippen molar-refractivity contribution < 1.29 is 19.8 Å². The van der Waals surface area contributed by atoms with Crippen molar-refractivity contribution in [3.05, 3.63) is 29.8 Å². The fourth-order valence-corrected chi connectivity index (χ4v) is 2.51. The Labute approximate surface area is 123 Å². The van der Waals surface area contributed by atoms with Crippen molar-refractivity contribution >= 4 is 11.9 Å². The minimum Gasteiger partial charge on any atom is -0.508 e. The Hall–Kier alpha value is -2.08. The molecule has 1 fully saturated rings. The summed E-state index contributed by atoms with van der Waals surface area (Å²) in [6, 6.07) is 5.33. The molecular weight excluding hydrogens is 272 g/mol. The van der Waals surface area contributed by atoms with Crippen molar-refractivity contribution in [3.8, 4) is 5.75 Å². The van der Waals surface area contributed by atoms with Crippen molar-refractivity contribution in [1.82, 2.24) is 10.6 Å². The summed E-state index contributed by atoms with van der Waals surface area (Å²) in [4.78, 5) is 23.5. The van der Waals surface area contributed by atoms with E-state index in [0.717, 1.165) is 12.1 Å². The molecule has 0 saturated carbocycles. The average Bonchev–Trinajstić information content (AvgIpc) is 2.86. The molecule has 1 saturated heterocycles. The standard InChI is InChI=1S/C15H20N2O4/c1-9-7-16-8-12(9)14(19)17-13(15(20)21)6-10-2-4-11(18)5-3-10/h2-5,9,12-13,16,18H,6-8H2,1H3,(H,17,19)(H,20,21)/t9?,12?,13-/m0/s1. The topological polar surface area (TPSA) is 98.7 Å². The second-order valence-electron chi connectivity index (χ2n) is 5.51. The first kappa shape index (κ1) is 15.3. The van der Waals surface area contributed by atoms with Crippen LogP contribution in [0, 0.1) is 11.8 Å². The number of aliphatic carboxylic acids is 1. The fourth-order valence-electron chi connectivity index (χ4n) is 2.51. The summed E-state index contributed by atoms with van der Waals surface area (Å²) < 4.78 is 0. The third kappa shape index (κ3) is 3.95. The van der Waals surface area contributed by atoms with Gasteiger partial charge in [0.25, 0.3) is 0 Å². The lowest BCUT2D eigenvalue weighted by atomic mass is 9.96. The molecule has 114 valence electrons. The number of benzene rings is 1. The van der Waals surface area contributed by atoms with Crippen LogP contribution >= 0.6 is 0 Å². The number of phenols is 1. The van der Waals surface area contributed by atoms with Gasteiger partial charge in [-0.25, -0.2) is 4.79 Å². The zero-order chi connectivity index (χ0) is 15.4. The Kier molecular flexibility index (Phi) is 4.80. The molecule has 1 aliphatic rings. The number of amides is 1. The van der Waals surface area contributed by atoms with Crippen molar-refractivity contribution in [2.24, 2.45) is 11.8 Å². The first-order valence-electron chi connectivity index (χ1n) is 6.99. The van der Waals surface area contributed by atoms with E-state index in [2.05, 4.69) is 10.6 Å². The third-order valence-corrected chi connectivity index (χ3v) is 3.84. The van der Waals surface area contributed by atoms with Gasteiger partial charge in [0.05, 0.1) is 5.92 Å². The molecule has 3 atom stereocenters. The first-order chi connectivity index (χ1) is 9.97. The zero-order valence-corrected chi connectivity index (χ0v) is 11.9. The molecule has 0 bridgehead atoms. The van der Waals surface area contributed by atoms with Crippen LogP contribution in [0.5, 0.6) is 5.75 Å². The molecule has 6 nitrogen and oxygen atoms in total. The molecule has 0 spiro atoms. The van der Waals surface area contributed by atoms with E-state index < -0.39 is 12.0 Å². The number of carboxylic acids is 1. The lowest BCUT2D eigenvalue weighted by Gasteiger charge is -2.19. The normalized spacial score (nSPS) is 22.7. The molecule has 2 unspecified atom stereocenters. The maximum atomic E-state index is 12.2. The SMILES string of the molecule is CC1CNCC1C(=O)N[C@@H](Cc1ccc(O)cc1)C(=O)O. The number of phenolic OH excluding ortho intramolecular Hbond substituents is 1.